The van der Waals surface area contributed by atoms with Crippen LogP contribution < -0.4 is 10.6 Å². The zero-order valence-corrected chi connectivity index (χ0v) is 13.2. The van der Waals surface area contributed by atoms with Gasteiger partial charge < -0.3 is 5.73 Å². The molecule has 0 aliphatic carbocycles. The second-order valence-electron chi connectivity index (χ2n) is 5.60. The highest BCUT2D eigenvalue weighted by atomic mass is 32.2. The van der Waals surface area contributed by atoms with Crippen LogP contribution in [0.15, 0.2) is 23.1 Å². The van der Waals surface area contributed by atoms with Crippen LogP contribution in [0, 0.1) is 5.82 Å². The molecule has 0 amide bonds. The molecule has 5 nitrogen and oxygen atoms in total. The summed E-state index contributed by atoms with van der Waals surface area (Å²) in [7, 11) is -3.92. The van der Waals surface area contributed by atoms with Crippen LogP contribution in [-0.4, -0.2) is 25.5 Å². The number of sulfonamides is 1. The SMILES string of the molecule is CC1CCCC(C)N1NS(=O)(=O)c1ccc(CN)cc1F. The lowest BCUT2D eigenvalue weighted by atomic mass is 10.0. The van der Waals surface area contributed by atoms with Crippen LogP contribution in [0.25, 0.3) is 0 Å². The van der Waals surface area contributed by atoms with Crippen molar-refractivity contribution < 1.29 is 12.8 Å². The summed E-state index contributed by atoms with van der Waals surface area (Å²) >= 11 is 0. The Labute approximate surface area is 125 Å². The second-order valence-corrected chi connectivity index (χ2v) is 7.23. The molecule has 3 N–H and O–H groups in total. The van der Waals surface area contributed by atoms with E-state index in [1.807, 2.05) is 13.8 Å². The zero-order chi connectivity index (χ0) is 15.6. The van der Waals surface area contributed by atoms with Crippen molar-refractivity contribution in [2.45, 2.75) is 56.6 Å². The lowest BCUT2D eigenvalue weighted by Crippen LogP contribution is -2.54. The van der Waals surface area contributed by atoms with Crippen LogP contribution >= 0.6 is 0 Å². The normalized spacial score (nSPS) is 24.2. The van der Waals surface area contributed by atoms with Crippen LogP contribution in [0.5, 0.6) is 0 Å². The van der Waals surface area contributed by atoms with Crippen molar-refractivity contribution in [1.29, 1.82) is 0 Å². The molecule has 118 valence electrons. The van der Waals surface area contributed by atoms with Gasteiger partial charge in [0, 0.05) is 18.6 Å². The molecule has 7 heteroatoms. The van der Waals surface area contributed by atoms with Crippen LogP contribution in [0.3, 0.4) is 0 Å². The molecule has 2 rings (SSSR count). The number of nitrogens with one attached hydrogen (secondary N) is 1. The Hall–Kier alpha value is -1.02. The highest BCUT2D eigenvalue weighted by Crippen LogP contribution is 2.23. The summed E-state index contributed by atoms with van der Waals surface area (Å²) in [5, 5.41) is 1.70. The van der Waals surface area contributed by atoms with Crippen molar-refractivity contribution in [3.05, 3.63) is 29.6 Å². The van der Waals surface area contributed by atoms with Gasteiger partial charge in [-0.1, -0.05) is 12.5 Å². The summed E-state index contributed by atoms with van der Waals surface area (Å²) in [6.45, 7) is 4.10. The second kappa shape index (κ2) is 6.39. The van der Waals surface area contributed by atoms with Gasteiger partial charge in [0.25, 0.3) is 10.0 Å². The molecule has 0 bridgehead atoms. The Kier molecular flexibility index (Phi) is 4.98. The summed E-state index contributed by atoms with van der Waals surface area (Å²) < 4.78 is 38.8. The Morgan fingerprint density at radius 1 is 1.33 bits per heavy atom. The summed E-state index contributed by atoms with van der Waals surface area (Å²) in [5.41, 5.74) is 5.98. The first-order valence-electron chi connectivity index (χ1n) is 7.14. The monoisotopic (exact) mass is 315 g/mol. The van der Waals surface area contributed by atoms with Crippen LogP contribution in [-0.2, 0) is 16.6 Å². The highest BCUT2D eigenvalue weighted by molar-refractivity contribution is 7.89. The first kappa shape index (κ1) is 16.4. The maximum atomic E-state index is 14.0. The van der Waals surface area contributed by atoms with Gasteiger partial charge in [-0.2, -0.15) is 0 Å². The van der Waals surface area contributed by atoms with E-state index < -0.39 is 15.8 Å². The standard InChI is InChI=1S/C14H22FN3O2S/c1-10-4-3-5-11(2)18(10)17-21(19,20)14-7-6-12(9-16)8-13(14)15/h6-8,10-11,17H,3-5,9,16H2,1-2H3. The van der Waals surface area contributed by atoms with E-state index in [-0.39, 0.29) is 23.5 Å². The number of halogens is 1. The van der Waals surface area contributed by atoms with Gasteiger partial charge in [-0.15, -0.1) is 4.83 Å². The maximum absolute atomic E-state index is 14.0. The molecule has 2 atom stereocenters. The van der Waals surface area contributed by atoms with Gasteiger partial charge in [0.15, 0.2) is 0 Å². The van der Waals surface area contributed by atoms with Gasteiger partial charge in [0.2, 0.25) is 0 Å². The first-order valence-corrected chi connectivity index (χ1v) is 8.62. The van der Waals surface area contributed by atoms with E-state index in [0.29, 0.717) is 5.56 Å². The van der Waals surface area contributed by atoms with Crippen molar-refractivity contribution in [2.75, 3.05) is 0 Å². The Balaban J connectivity index is 2.25. The number of nitrogens with two attached hydrogens (primary N) is 1. The molecule has 1 aromatic rings. The third-order valence-corrected chi connectivity index (χ3v) is 5.30. The third-order valence-electron chi connectivity index (χ3n) is 3.94. The molecule has 1 saturated heterocycles. The van der Waals surface area contributed by atoms with Crippen LogP contribution in [0.4, 0.5) is 4.39 Å². The summed E-state index contributed by atoms with van der Waals surface area (Å²) in [6.07, 6.45) is 2.91. The maximum Gasteiger partial charge on any atom is 0.256 e. The molecule has 1 heterocycles. The molecule has 2 unspecified atom stereocenters. The summed E-state index contributed by atoms with van der Waals surface area (Å²) in [5.74, 6) is -0.775. The van der Waals surface area contributed by atoms with Crippen molar-refractivity contribution in [1.82, 2.24) is 9.84 Å². The van der Waals surface area contributed by atoms with Crippen LogP contribution in [0.1, 0.15) is 38.7 Å². The first-order chi connectivity index (χ1) is 9.85. The van der Waals surface area contributed by atoms with Gasteiger partial charge in [0.1, 0.15) is 10.7 Å². The third kappa shape index (κ3) is 3.60. The number of piperidine rings is 1. The summed E-state index contributed by atoms with van der Waals surface area (Å²) in [6, 6.07) is 4.14. The largest absolute Gasteiger partial charge is 0.326 e. The number of hydrazine groups is 1. The molecule has 0 radical (unpaired) electrons. The summed E-state index contributed by atoms with van der Waals surface area (Å²) in [4.78, 5) is 2.18. The van der Waals surface area contributed by atoms with E-state index in [9.17, 15) is 12.8 Å². The minimum Gasteiger partial charge on any atom is -0.326 e. The van der Waals surface area contributed by atoms with Crippen molar-refractivity contribution >= 4 is 10.0 Å². The molecule has 1 aliphatic rings. The van der Waals surface area contributed by atoms with Gasteiger partial charge in [-0.3, -0.25) is 0 Å². The predicted molar refractivity (Wildman–Crippen MR) is 79.2 cm³/mol. The topological polar surface area (TPSA) is 75.4 Å². The molecule has 21 heavy (non-hydrogen) atoms. The van der Waals surface area contributed by atoms with Crippen LogP contribution in [0.2, 0.25) is 0 Å². The Bertz CT molecular complexity index is 596. The van der Waals surface area contributed by atoms with E-state index in [0.717, 1.165) is 25.3 Å². The minimum atomic E-state index is -3.92. The number of hydrogen-bond acceptors (Lipinski definition) is 4. The molecule has 0 spiro atoms. The van der Waals surface area contributed by atoms with E-state index >= 15 is 0 Å². The molecule has 0 aromatic heterocycles. The number of benzene rings is 1. The molecule has 1 aliphatic heterocycles. The van der Waals surface area contributed by atoms with Gasteiger partial charge in [-0.05, 0) is 44.4 Å². The van der Waals surface area contributed by atoms with E-state index in [2.05, 4.69) is 4.83 Å². The van der Waals surface area contributed by atoms with E-state index in [1.54, 1.807) is 5.01 Å². The van der Waals surface area contributed by atoms with Crippen molar-refractivity contribution in [3.63, 3.8) is 0 Å². The quantitative estimate of drug-likeness (QED) is 0.887. The van der Waals surface area contributed by atoms with Gasteiger partial charge in [0.05, 0.1) is 0 Å². The number of hydrogen-bond donors (Lipinski definition) is 2. The van der Waals surface area contributed by atoms with E-state index in [4.69, 9.17) is 5.73 Å². The van der Waals surface area contributed by atoms with Crippen molar-refractivity contribution in [3.8, 4) is 0 Å². The minimum absolute atomic E-state index is 0.0925. The lowest BCUT2D eigenvalue weighted by Gasteiger charge is -2.38. The average Bonchev–Trinajstić information content (AvgIpc) is 2.42. The fourth-order valence-electron chi connectivity index (χ4n) is 2.68. The highest BCUT2D eigenvalue weighted by Gasteiger charge is 2.30. The molecular formula is C14H22FN3O2S. The smallest absolute Gasteiger partial charge is 0.256 e. The zero-order valence-electron chi connectivity index (χ0n) is 12.3. The van der Waals surface area contributed by atoms with Gasteiger partial charge in [-0.25, -0.2) is 17.8 Å². The molecule has 1 aromatic carbocycles. The number of nitrogens with zero attached hydrogens (tertiary/aromatic N) is 1. The van der Waals surface area contributed by atoms with Gasteiger partial charge >= 0.3 is 0 Å². The lowest BCUT2D eigenvalue weighted by molar-refractivity contribution is 0.0789. The van der Waals surface area contributed by atoms with E-state index in [1.165, 1.54) is 12.1 Å². The van der Waals surface area contributed by atoms with Crippen molar-refractivity contribution in [2.24, 2.45) is 5.73 Å². The fourth-order valence-corrected chi connectivity index (χ4v) is 3.98. The molecule has 1 fully saturated rings. The predicted octanol–water partition coefficient (Wildman–Crippen LogP) is 1.74. The average molecular weight is 315 g/mol. The Morgan fingerprint density at radius 2 is 1.95 bits per heavy atom. The molecular weight excluding hydrogens is 293 g/mol. The molecule has 0 saturated carbocycles. The Morgan fingerprint density at radius 3 is 2.48 bits per heavy atom. The fraction of sp³-hybridized carbons (Fsp3) is 0.571. The number of rotatable bonds is 4.